The molecule has 222 valence electrons. The van der Waals surface area contributed by atoms with E-state index in [1.807, 2.05) is 13.8 Å². The fraction of sp³-hybridized carbons (Fsp3) is 0.567. The van der Waals surface area contributed by atoms with Crippen LogP contribution in [-0.4, -0.2) is 5.97 Å². The molecule has 40 heavy (non-hydrogen) atoms. The van der Waals surface area contributed by atoms with E-state index in [1.54, 1.807) is 0 Å². The fourth-order valence-electron chi connectivity index (χ4n) is 5.40. The number of carbonyl (C=O) groups excluding carboxylic acids is 1. The van der Waals surface area contributed by atoms with Gasteiger partial charge in [0.25, 0.3) is 0 Å². The third kappa shape index (κ3) is 6.79. The van der Waals surface area contributed by atoms with Gasteiger partial charge >= 0.3 is 5.97 Å². The Bertz CT molecular complexity index is 1150. The van der Waals surface area contributed by atoms with Gasteiger partial charge in [-0.2, -0.15) is 8.78 Å². The molecule has 0 amide bonds. The summed E-state index contributed by atoms with van der Waals surface area (Å²) < 4.78 is 123. The molecule has 3 rings (SSSR count). The summed E-state index contributed by atoms with van der Waals surface area (Å²) in [6.07, 6.45) is 7.86. The lowest BCUT2D eigenvalue weighted by Gasteiger charge is -2.27. The first kappa shape index (κ1) is 31.9. The molecule has 0 bridgehead atoms. The van der Waals surface area contributed by atoms with E-state index >= 15 is 0 Å². The molecule has 0 spiro atoms. The highest BCUT2D eigenvalue weighted by atomic mass is 19.2. The molecule has 0 saturated heterocycles. The number of unbranched alkanes of at least 4 members (excludes halogenated alkanes) is 5. The van der Waals surface area contributed by atoms with E-state index in [1.165, 1.54) is 0 Å². The molecule has 1 saturated carbocycles. The van der Waals surface area contributed by atoms with Crippen LogP contribution in [0.3, 0.4) is 0 Å². The zero-order valence-electron chi connectivity index (χ0n) is 22.7. The number of ether oxygens (including phenoxy) is 1. The Morgan fingerprint density at radius 2 is 1.10 bits per heavy atom. The van der Waals surface area contributed by atoms with Crippen LogP contribution in [0.15, 0.2) is 0 Å². The highest BCUT2D eigenvalue weighted by Gasteiger charge is 2.36. The molecule has 0 N–H and O–H groups in total. The van der Waals surface area contributed by atoms with Gasteiger partial charge in [-0.05, 0) is 44.4 Å². The molecular weight excluding hydrogens is 544 g/mol. The van der Waals surface area contributed by atoms with Crippen molar-refractivity contribution >= 4 is 5.97 Å². The Balaban J connectivity index is 1.89. The van der Waals surface area contributed by atoms with Crippen molar-refractivity contribution in [1.82, 2.24) is 0 Å². The lowest BCUT2D eigenvalue weighted by molar-refractivity contribution is -0.140. The minimum absolute atomic E-state index is 0.197. The van der Waals surface area contributed by atoms with Gasteiger partial charge in [-0.25, -0.2) is 26.3 Å². The first-order chi connectivity index (χ1) is 19.0. The van der Waals surface area contributed by atoms with Gasteiger partial charge in [0.05, 0.1) is 17.0 Å². The van der Waals surface area contributed by atoms with E-state index in [0.29, 0.717) is 38.0 Å². The molecule has 0 atom stereocenters. The smallest absolute Gasteiger partial charge is 0.314 e. The highest BCUT2D eigenvalue weighted by molar-refractivity contribution is 5.76. The van der Waals surface area contributed by atoms with Crippen LogP contribution in [-0.2, 0) is 11.2 Å². The number of carbonyl (C=O) groups is 1. The predicted molar refractivity (Wildman–Crippen MR) is 135 cm³/mol. The van der Waals surface area contributed by atoms with E-state index in [0.717, 1.165) is 38.5 Å². The topological polar surface area (TPSA) is 26.3 Å². The van der Waals surface area contributed by atoms with Crippen LogP contribution in [0.5, 0.6) is 5.75 Å². The molecule has 0 radical (unpaired) electrons. The van der Waals surface area contributed by atoms with Gasteiger partial charge in [0.15, 0.2) is 34.9 Å². The van der Waals surface area contributed by atoms with E-state index in [4.69, 9.17) is 0 Å². The van der Waals surface area contributed by atoms with E-state index in [-0.39, 0.29) is 12.8 Å². The quantitative estimate of drug-likeness (QED) is 0.0824. The zero-order chi connectivity index (χ0) is 29.6. The van der Waals surface area contributed by atoms with Crippen LogP contribution in [0, 0.1) is 58.4 Å². The van der Waals surface area contributed by atoms with Crippen LogP contribution in [0.2, 0.25) is 0 Å². The van der Waals surface area contributed by atoms with Crippen LogP contribution in [0.4, 0.5) is 35.1 Å². The first-order valence-electron chi connectivity index (χ1n) is 14.0. The molecule has 0 aliphatic heterocycles. The molecule has 2 aromatic rings. The number of rotatable bonds is 12. The lowest BCUT2D eigenvalue weighted by atomic mass is 9.80. The largest absolute Gasteiger partial charge is 0.420 e. The summed E-state index contributed by atoms with van der Waals surface area (Å²) in [7, 11) is 0. The lowest BCUT2D eigenvalue weighted by Crippen LogP contribution is -2.26. The molecule has 2 aromatic carbocycles. The van der Waals surface area contributed by atoms with Crippen LogP contribution in [0.1, 0.15) is 96.5 Å². The van der Waals surface area contributed by atoms with Crippen molar-refractivity contribution in [1.29, 1.82) is 0 Å². The van der Waals surface area contributed by atoms with Crippen molar-refractivity contribution in [2.75, 3.05) is 0 Å². The van der Waals surface area contributed by atoms with Crippen molar-refractivity contribution in [3.05, 3.63) is 52.1 Å². The van der Waals surface area contributed by atoms with Crippen molar-refractivity contribution in [2.45, 2.75) is 97.3 Å². The summed E-state index contributed by atoms with van der Waals surface area (Å²) in [5.41, 5.74) is -4.87. The van der Waals surface area contributed by atoms with Crippen molar-refractivity contribution < 1.29 is 44.7 Å². The van der Waals surface area contributed by atoms with Crippen LogP contribution < -0.4 is 4.74 Å². The van der Waals surface area contributed by atoms with E-state index in [9.17, 15) is 39.9 Å². The van der Waals surface area contributed by atoms with E-state index in [2.05, 4.69) is 4.74 Å². The maximum atomic E-state index is 14.9. The molecule has 2 nitrogen and oxygen atoms in total. The number of halogens is 8. The summed E-state index contributed by atoms with van der Waals surface area (Å²) in [5, 5.41) is 0. The summed E-state index contributed by atoms with van der Waals surface area (Å²) in [6, 6.07) is 0. The van der Waals surface area contributed by atoms with Gasteiger partial charge in [0.2, 0.25) is 17.4 Å². The number of esters is 1. The van der Waals surface area contributed by atoms with Crippen molar-refractivity contribution in [3.8, 4) is 16.9 Å². The maximum absolute atomic E-state index is 14.9. The average molecular weight is 579 g/mol. The standard InChI is InChI=1S/C30H34F8O2/c1-3-5-6-7-8-9-11-18-21(31)23(33)19(24(34)22(18)32)20-25(35)27(37)29(28(38)26(20)36)40-30(39)17-14-12-16(10-4-2)13-15-17/h16-17H,3-15H2,1-2H3. The number of hydrogen-bond acceptors (Lipinski definition) is 2. The van der Waals surface area contributed by atoms with Gasteiger partial charge in [-0.1, -0.05) is 58.8 Å². The SMILES string of the molecule is CCCCCCCCc1c(F)c(F)c(-c2c(F)c(F)c(OC(=O)C3CCC(CCC)CC3)c(F)c2F)c(F)c1F. The summed E-state index contributed by atoms with van der Waals surface area (Å²) in [4.78, 5) is 12.5. The molecule has 1 fully saturated rings. The van der Waals surface area contributed by atoms with Gasteiger partial charge < -0.3 is 4.74 Å². The molecule has 0 aromatic heterocycles. The minimum Gasteiger partial charge on any atom is -0.420 e. The highest BCUT2D eigenvalue weighted by Crippen LogP contribution is 2.41. The molecular formula is C30H34F8O2. The average Bonchev–Trinajstić information content (AvgIpc) is 2.94. The van der Waals surface area contributed by atoms with Crippen molar-refractivity contribution in [3.63, 3.8) is 0 Å². The molecule has 0 unspecified atom stereocenters. The normalized spacial score (nSPS) is 17.4. The Morgan fingerprint density at radius 3 is 1.60 bits per heavy atom. The third-order valence-electron chi connectivity index (χ3n) is 7.69. The predicted octanol–water partition coefficient (Wildman–Crippen LogP) is 9.88. The Labute approximate surface area is 229 Å². The zero-order valence-corrected chi connectivity index (χ0v) is 22.7. The van der Waals surface area contributed by atoms with Crippen LogP contribution >= 0.6 is 0 Å². The van der Waals surface area contributed by atoms with Crippen LogP contribution in [0.25, 0.3) is 11.1 Å². The molecule has 10 heteroatoms. The Hall–Kier alpha value is -2.65. The minimum atomic E-state index is -2.35. The Morgan fingerprint density at radius 1 is 0.625 bits per heavy atom. The van der Waals surface area contributed by atoms with Gasteiger partial charge in [-0.15, -0.1) is 0 Å². The molecule has 1 aliphatic carbocycles. The summed E-state index contributed by atoms with van der Waals surface area (Å²) in [6.45, 7) is 4.02. The third-order valence-corrected chi connectivity index (χ3v) is 7.69. The second-order valence-electron chi connectivity index (χ2n) is 10.5. The first-order valence-corrected chi connectivity index (χ1v) is 14.0. The van der Waals surface area contributed by atoms with Gasteiger partial charge in [-0.3, -0.25) is 4.79 Å². The van der Waals surface area contributed by atoms with Crippen molar-refractivity contribution in [2.24, 2.45) is 11.8 Å². The monoisotopic (exact) mass is 578 g/mol. The Kier molecular flexibility index (Phi) is 11.4. The second kappa shape index (κ2) is 14.3. The maximum Gasteiger partial charge on any atom is 0.314 e. The summed E-state index contributed by atoms with van der Waals surface area (Å²) in [5.74, 6) is -20.6. The number of benzene rings is 2. The number of hydrogen-bond donors (Lipinski definition) is 0. The second-order valence-corrected chi connectivity index (χ2v) is 10.5. The van der Waals surface area contributed by atoms with Gasteiger partial charge in [0.1, 0.15) is 0 Å². The molecule has 0 heterocycles. The van der Waals surface area contributed by atoms with Gasteiger partial charge in [0, 0.05) is 5.56 Å². The molecule has 1 aliphatic rings. The van der Waals surface area contributed by atoms with E-state index < -0.39 is 80.9 Å². The summed E-state index contributed by atoms with van der Waals surface area (Å²) >= 11 is 0. The fourth-order valence-corrected chi connectivity index (χ4v) is 5.40.